The van der Waals surface area contributed by atoms with Crippen molar-refractivity contribution in [2.45, 2.75) is 140 Å². The summed E-state index contributed by atoms with van der Waals surface area (Å²) in [5.74, 6) is -16.4. The number of benzene rings is 1. The van der Waals surface area contributed by atoms with E-state index in [2.05, 4.69) is 46.5 Å². The number of carbonyl (C=O) groups excluding carboxylic acids is 7. The largest absolute Gasteiger partial charge is 0.481 e. The number of nitrogens with one attached hydrogen (secondary N) is 9. The van der Waals surface area contributed by atoms with E-state index in [4.69, 9.17) is 5.73 Å². The van der Waals surface area contributed by atoms with Gasteiger partial charge in [0, 0.05) is 36.2 Å². The zero-order valence-corrected chi connectivity index (χ0v) is 41.9. The molecule has 418 valence electrons. The number of nitrogen functional groups attached to an aromatic ring is 1. The summed E-state index contributed by atoms with van der Waals surface area (Å²) in [6, 6.07) is -4.92. The molecule has 0 aliphatic heterocycles. The molecule has 0 radical (unpaired) electrons. The van der Waals surface area contributed by atoms with Gasteiger partial charge in [-0.2, -0.15) is 4.98 Å². The Labute approximate surface area is 436 Å². The van der Waals surface area contributed by atoms with E-state index in [-0.39, 0.29) is 35.6 Å². The first kappa shape index (κ1) is 62.0. The lowest BCUT2D eigenvalue weighted by atomic mass is 10.1. The number of aliphatic carboxylic acids is 5. The number of carboxylic acids is 5. The second kappa shape index (κ2) is 30.1. The minimum absolute atomic E-state index is 0.00774. The first-order valence-electron chi connectivity index (χ1n) is 23.8. The third-order valence-corrected chi connectivity index (χ3v) is 11.0. The van der Waals surface area contributed by atoms with Crippen molar-refractivity contribution in [3.8, 4) is 0 Å². The van der Waals surface area contributed by atoms with Gasteiger partial charge in [0.2, 0.25) is 41.4 Å². The second-order valence-electron chi connectivity index (χ2n) is 17.6. The number of anilines is 2. The van der Waals surface area contributed by atoms with Gasteiger partial charge in [0.15, 0.2) is 11.2 Å². The fourth-order valence-electron chi connectivity index (χ4n) is 7.07. The zero-order chi connectivity index (χ0) is 57.5. The molecule has 7 atom stereocenters. The molecule has 0 aliphatic rings. The number of carboxylic acid groups (broad SMARTS) is 5. The number of H-pyrrole nitrogens is 1. The molecule has 7 amide bonds. The highest BCUT2D eigenvalue weighted by Crippen LogP contribution is 2.13. The van der Waals surface area contributed by atoms with E-state index >= 15 is 0 Å². The summed E-state index contributed by atoms with van der Waals surface area (Å²) in [7, 11) is 0. The van der Waals surface area contributed by atoms with Crippen LogP contribution in [0.5, 0.6) is 0 Å². The lowest BCUT2D eigenvalue weighted by Crippen LogP contribution is -2.60. The van der Waals surface area contributed by atoms with Crippen LogP contribution in [0, 0.1) is 0 Å². The summed E-state index contributed by atoms with van der Waals surface area (Å²) in [6.07, 6.45) is -2.97. The molecule has 31 nitrogen and oxygen atoms in total. The van der Waals surface area contributed by atoms with Crippen molar-refractivity contribution in [3.05, 3.63) is 52.1 Å². The molecular formula is C46H61N13O18. The van der Waals surface area contributed by atoms with Crippen LogP contribution < -0.4 is 53.8 Å². The molecule has 0 fully saturated rings. The fraction of sp³-hybridized carbons (Fsp3) is 0.478. The van der Waals surface area contributed by atoms with Gasteiger partial charge in [-0.15, -0.1) is 0 Å². The summed E-state index contributed by atoms with van der Waals surface area (Å²) in [4.78, 5) is 178. The Morgan fingerprint density at radius 2 is 1.04 bits per heavy atom. The zero-order valence-electron chi connectivity index (χ0n) is 41.9. The molecule has 0 aliphatic carbocycles. The molecule has 0 saturated carbocycles. The molecular weight excluding hydrogens is 1020 g/mol. The normalized spacial score (nSPS) is 13.6. The van der Waals surface area contributed by atoms with E-state index in [1.165, 1.54) is 18.3 Å². The molecule has 0 spiro atoms. The maximum Gasteiger partial charge on any atom is 0.305 e. The topological polar surface area (TPSA) is 500 Å². The smallest absolute Gasteiger partial charge is 0.305 e. The Morgan fingerprint density at radius 3 is 1.52 bits per heavy atom. The highest BCUT2D eigenvalue weighted by Gasteiger charge is 2.36. The minimum atomic E-state index is -2.21. The van der Waals surface area contributed by atoms with E-state index in [0.29, 0.717) is 24.2 Å². The number of unbranched alkanes of at least 4 members (excludes halogenated alkanes) is 1. The standard InChI is InChI=1S/C46H61N13O18/c1-4-5-6-21(2)51-40(72)26(12-14-32(61)62)54-42(74)28(16-34(65)66)56-44(76)30(18-36(69)70)57-43(75)29(17-35(67)68)55-41(73)27(15-33(63)64)53-31(60)13-7-22(3)50-39(71)23-8-10-24(11-9-23)48-19-25-20-49-38-37(52-25)45(77)59-46(47)58-38/h8-11,20-22,26-30,48H,4-7,12-19H2,1-3H3,(H,50,71)(H,51,72)(H,53,60)(H,54,74)(H,55,73)(H,56,76)(H,57,75)(H,61,62)(H,63,64)(H,65,66)(H,67,68)(H,69,70)(H3,47,49,58,59,77)/t21-,22-,26-,27-,28-,29-,30-/m1/s1. The molecule has 0 bridgehead atoms. The number of amides is 7. The van der Waals surface area contributed by atoms with Crippen molar-refractivity contribution in [2.75, 3.05) is 11.1 Å². The van der Waals surface area contributed by atoms with Crippen molar-refractivity contribution in [2.24, 2.45) is 0 Å². The van der Waals surface area contributed by atoms with E-state index in [1.54, 1.807) is 26.0 Å². The van der Waals surface area contributed by atoms with Gasteiger partial charge in [-0.3, -0.25) is 67.3 Å². The SMILES string of the molecule is CCCC[C@@H](C)NC(=O)[C@@H](CCC(=O)O)NC(=O)[C@@H](CC(=O)O)NC(=O)[C@@H](CC(=O)O)NC(=O)[C@@H](CC(=O)O)NC(=O)[C@@H](CC(=O)O)NC(=O)CC[C@@H](C)NC(=O)c1ccc(NCc2cnc3nc(N)[nH]c(=O)c3n2)cc1. The lowest BCUT2D eigenvalue weighted by molar-refractivity contribution is -0.145. The lowest BCUT2D eigenvalue weighted by Gasteiger charge is -2.26. The van der Waals surface area contributed by atoms with E-state index in [9.17, 15) is 87.9 Å². The number of aromatic amines is 1. The summed E-state index contributed by atoms with van der Waals surface area (Å²) in [5, 5.41) is 66.0. The van der Waals surface area contributed by atoms with Gasteiger partial charge in [-0.05, 0) is 57.4 Å². The Bertz CT molecular complexity index is 2740. The van der Waals surface area contributed by atoms with Crippen LogP contribution >= 0.6 is 0 Å². The summed E-state index contributed by atoms with van der Waals surface area (Å²) in [5.41, 5.74) is 6.23. The van der Waals surface area contributed by atoms with Crippen LogP contribution in [0.1, 0.15) is 107 Å². The van der Waals surface area contributed by atoms with Gasteiger partial charge >= 0.3 is 29.8 Å². The molecule has 77 heavy (non-hydrogen) atoms. The third kappa shape index (κ3) is 22.0. The molecule has 3 aromatic rings. The molecule has 2 aromatic heterocycles. The highest BCUT2D eigenvalue weighted by molar-refractivity contribution is 6.00. The van der Waals surface area contributed by atoms with Crippen LogP contribution in [0.25, 0.3) is 11.2 Å². The summed E-state index contributed by atoms with van der Waals surface area (Å²) >= 11 is 0. The molecule has 3 rings (SSSR count). The molecule has 0 unspecified atom stereocenters. The van der Waals surface area contributed by atoms with Crippen LogP contribution in [0.4, 0.5) is 11.6 Å². The number of hydrogen-bond donors (Lipinski definition) is 15. The van der Waals surface area contributed by atoms with Crippen LogP contribution in [-0.4, -0.2) is 159 Å². The second-order valence-corrected chi connectivity index (χ2v) is 17.6. The number of rotatable bonds is 33. The van der Waals surface area contributed by atoms with Crippen molar-refractivity contribution in [1.82, 2.24) is 57.2 Å². The number of fused-ring (bicyclic) bond motifs is 1. The first-order valence-corrected chi connectivity index (χ1v) is 23.8. The number of carbonyl (C=O) groups is 12. The predicted octanol–water partition coefficient (Wildman–Crippen LogP) is -2.31. The average molecular weight is 1080 g/mol. The Kier molecular flexibility index (Phi) is 24.3. The Balaban J connectivity index is 1.65. The fourth-order valence-corrected chi connectivity index (χ4v) is 7.07. The minimum Gasteiger partial charge on any atom is -0.481 e. The number of aromatic nitrogens is 4. The summed E-state index contributed by atoms with van der Waals surface area (Å²) in [6.45, 7) is 5.25. The van der Waals surface area contributed by atoms with Crippen LogP contribution in [0.2, 0.25) is 0 Å². The first-order chi connectivity index (χ1) is 36.2. The quantitative estimate of drug-likeness (QED) is 0.0305. The van der Waals surface area contributed by atoms with Gasteiger partial charge < -0.3 is 73.8 Å². The van der Waals surface area contributed by atoms with Crippen molar-refractivity contribution >= 4 is 94.0 Å². The van der Waals surface area contributed by atoms with Crippen LogP contribution in [-0.2, 0) is 59.3 Å². The number of nitrogens with zero attached hydrogens (tertiary/aromatic N) is 3. The number of nitrogens with two attached hydrogens (primary N) is 1. The Hall–Kier alpha value is -9.32. The number of hydrogen-bond acceptors (Lipinski definition) is 18. The average Bonchev–Trinajstić information content (AvgIpc) is 3.34. The summed E-state index contributed by atoms with van der Waals surface area (Å²) < 4.78 is 0. The van der Waals surface area contributed by atoms with Gasteiger partial charge in [0.25, 0.3) is 11.5 Å². The van der Waals surface area contributed by atoms with E-state index in [0.717, 1.165) is 6.42 Å². The van der Waals surface area contributed by atoms with Gasteiger partial charge in [0.1, 0.15) is 30.2 Å². The molecule has 0 saturated heterocycles. The van der Waals surface area contributed by atoms with Gasteiger partial charge in [0.05, 0.1) is 44.1 Å². The Morgan fingerprint density at radius 1 is 0.571 bits per heavy atom. The molecule has 1 aromatic carbocycles. The van der Waals surface area contributed by atoms with Crippen molar-refractivity contribution in [3.63, 3.8) is 0 Å². The van der Waals surface area contributed by atoms with E-state index in [1.807, 2.05) is 22.9 Å². The molecule has 16 N–H and O–H groups in total. The predicted molar refractivity (Wildman–Crippen MR) is 265 cm³/mol. The monoisotopic (exact) mass is 1080 g/mol. The maximum absolute atomic E-state index is 13.5. The van der Waals surface area contributed by atoms with Crippen molar-refractivity contribution < 1.29 is 83.1 Å². The van der Waals surface area contributed by atoms with E-state index < -0.39 is 164 Å². The molecule has 31 heteroatoms. The maximum atomic E-state index is 13.5. The van der Waals surface area contributed by atoms with Gasteiger partial charge in [-0.25, -0.2) is 9.97 Å². The third-order valence-electron chi connectivity index (χ3n) is 11.0. The molecule has 2 heterocycles. The van der Waals surface area contributed by atoms with Crippen molar-refractivity contribution in [1.29, 1.82) is 0 Å². The van der Waals surface area contributed by atoms with Crippen LogP contribution in [0.15, 0.2) is 35.3 Å². The van der Waals surface area contributed by atoms with Crippen LogP contribution in [0.3, 0.4) is 0 Å². The van der Waals surface area contributed by atoms with Gasteiger partial charge in [-0.1, -0.05) is 19.8 Å². The highest BCUT2D eigenvalue weighted by atomic mass is 16.4.